The lowest BCUT2D eigenvalue weighted by Gasteiger charge is -2.14. The summed E-state index contributed by atoms with van der Waals surface area (Å²) in [4.78, 5) is 3.61. The van der Waals surface area contributed by atoms with E-state index in [0.29, 0.717) is 0 Å². The van der Waals surface area contributed by atoms with Crippen LogP contribution in [-0.2, 0) is 18.7 Å². The van der Waals surface area contributed by atoms with Gasteiger partial charge in [-0.3, -0.25) is 0 Å². The summed E-state index contributed by atoms with van der Waals surface area (Å²) in [6.45, 7) is 4.36. The van der Waals surface area contributed by atoms with E-state index in [9.17, 15) is 0 Å². The summed E-state index contributed by atoms with van der Waals surface area (Å²) in [6.07, 6.45) is 1.10. The highest BCUT2D eigenvalue weighted by atomic mass is 35.5. The number of aromatic nitrogens is 1. The predicted octanol–water partition coefficient (Wildman–Crippen LogP) is 5.48. The molecule has 0 aliphatic heterocycles. The van der Waals surface area contributed by atoms with Gasteiger partial charge in [-0.15, -0.1) is 24.2 Å². The van der Waals surface area contributed by atoms with Crippen LogP contribution >= 0.6 is 24.2 Å². The molecule has 0 saturated heterocycles. The third kappa shape index (κ3) is 4.60. The van der Waals surface area contributed by atoms with Crippen LogP contribution in [0.3, 0.4) is 0 Å². The maximum absolute atomic E-state index is 2.50. The molecule has 0 N–H and O–H groups in total. The molecule has 0 atom stereocenters. The zero-order chi connectivity index (χ0) is 16.9. The number of aryl methyl sites for hydroxylation is 1. The van der Waals surface area contributed by atoms with Gasteiger partial charge >= 0.3 is 0 Å². The van der Waals surface area contributed by atoms with Crippen molar-refractivity contribution in [1.82, 2.24) is 9.47 Å². The van der Waals surface area contributed by atoms with Gasteiger partial charge in [0.25, 0.3) is 0 Å². The largest absolute Gasteiger partial charge is 0.345 e. The van der Waals surface area contributed by atoms with Crippen molar-refractivity contribution in [3.63, 3.8) is 0 Å². The zero-order valence-corrected chi connectivity index (χ0v) is 16.9. The zero-order valence-electron chi connectivity index (χ0n) is 15.2. The first kappa shape index (κ1) is 19.9. The third-order valence-corrected chi connectivity index (χ3v) is 5.47. The Morgan fingerprint density at radius 2 is 1.64 bits per heavy atom. The number of halogens is 1. The normalized spacial score (nSPS) is 11.0. The Kier molecular flexibility index (Phi) is 7.42. The summed E-state index contributed by atoms with van der Waals surface area (Å²) in [5.74, 6) is 1.03. The molecule has 3 aromatic rings. The number of likely N-dealkylation sites (N-methyl/N-ethyl adjacent to an activating group) is 1. The van der Waals surface area contributed by atoms with Crippen LogP contribution in [-0.4, -0.2) is 30.1 Å². The fraction of sp³-hybridized carbons (Fsp3) is 0.333. The van der Waals surface area contributed by atoms with Crippen LogP contribution in [0.4, 0.5) is 0 Å². The average molecular weight is 375 g/mol. The van der Waals surface area contributed by atoms with Gasteiger partial charge in [0, 0.05) is 46.8 Å². The second-order valence-corrected chi connectivity index (χ2v) is 7.39. The first-order valence-electron chi connectivity index (χ1n) is 8.62. The van der Waals surface area contributed by atoms with E-state index in [-0.39, 0.29) is 12.4 Å². The molecule has 1 aromatic heterocycles. The number of para-hydroxylation sites is 1. The van der Waals surface area contributed by atoms with Gasteiger partial charge in [0.2, 0.25) is 0 Å². The van der Waals surface area contributed by atoms with E-state index in [1.54, 1.807) is 0 Å². The van der Waals surface area contributed by atoms with Crippen molar-refractivity contribution in [2.75, 3.05) is 20.6 Å². The number of nitrogens with zero attached hydrogens (tertiary/aromatic N) is 2. The van der Waals surface area contributed by atoms with Crippen molar-refractivity contribution in [2.24, 2.45) is 0 Å². The van der Waals surface area contributed by atoms with Crippen molar-refractivity contribution in [2.45, 2.75) is 30.5 Å². The van der Waals surface area contributed by atoms with E-state index >= 15 is 0 Å². The average Bonchev–Trinajstić information content (AvgIpc) is 2.91. The van der Waals surface area contributed by atoms with E-state index in [0.717, 1.165) is 25.3 Å². The Morgan fingerprint density at radius 1 is 0.960 bits per heavy atom. The molecule has 4 heteroatoms. The summed E-state index contributed by atoms with van der Waals surface area (Å²) in [5, 5.41) is 1.41. The molecular formula is C21H27ClN2S. The van der Waals surface area contributed by atoms with Crippen LogP contribution in [0.5, 0.6) is 0 Å². The molecule has 2 nitrogen and oxygen atoms in total. The van der Waals surface area contributed by atoms with E-state index in [2.05, 4.69) is 85.1 Å². The monoisotopic (exact) mass is 374 g/mol. The molecule has 25 heavy (non-hydrogen) atoms. The quantitative estimate of drug-likeness (QED) is 0.506. The van der Waals surface area contributed by atoms with E-state index in [4.69, 9.17) is 0 Å². The third-order valence-electron chi connectivity index (χ3n) is 4.43. The van der Waals surface area contributed by atoms with Gasteiger partial charge in [0.05, 0.1) is 0 Å². The molecule has 0 aliphatic rings. The topological polar surface area (TPSA) is 8.17 Å². The summed E-state index contributed by atoms with van der Waals surface area (Å²) < 4.78 is 2.50. The molecule has 0 amide bonds. The maximum atomic E-state index is 2.50. The lowest BCUT2D eigenvalue weighted by Crippen LogP contribution is -2.17. The molecule has 0 spiro atoms. The lowest BCUT2D eigenvalue weighted by atomic mass is 10.1. The van der Waals surface area contributed by atoms with E-state index < -0.39 is 0 Å². The Balaban J connectivity index is 0.00000225. The van der Waals surface area contributed by atoms with Crippen LogP contribution in [0.15, 0.2) is 59.5 Å². The lowest BCUT2D eigenvalue weighted by molar-refractivity contribution is 0.408. The minimum Gasteiger partial charge on any atom is -0.345 e. The summed E-state index contributed by atoms with van der Waals surface area (Å²) in [5.41, 5.74) is 4.37. The Bertz CT molecular complexity index is 796. The molecule has 0 bridgehead atoms. The van der Waals surface area contributed by atoms with Crippen molar-refractivity contribution < 1.29 is 0 Å². The Morgan fingerprint density at radius 3 is 2.32 bits per heavy atom. The summed E-state index contributed by atoms with van der Waals surface area (Å²) >= 11 is 1.93. The second kappa shape index (κ2) is 9.33. The molecule has 0 fully saturated rings. The van der Waals surface area contributed by atoms with Crippen molar-refractivity contribution in [1.29, 1.82) is 0 Å². The van der Waals surface area contributed by atoms with Gasteiger partial charge in [0.15, 0.2) is 0 Å². The number of fused-ring (bicyclic) bond motifs is 1. The highest BCUT2D eigenvalue weighted by molar-refractivity contribution is 7.98. The molecule has 0 unspecified atom stereocenters. The highest BCUT2D eigenvalue weighted by Crippen LogP contribution is 2.32. The fourth-order valence-corrected chi connectivity index (χ4v) is 4.22. The molecule has 0 radical (unpaired) electrons. The minimum absolute atomic E-state index is 0. The molecule has 2 aromatic carbocycles. The van der Waals surface area contributed by atoms with Gasteiger partial charge in [-0.1, -0.05) is 36.4 Å². The highest BCUT2D eigenvalue weighted by Gasteiger charge is 2.16. The van der Waals surface area contributed by atoms with Gasteiger partial charge in [-0.25, -0.2) is 0 Å². The molecule has 1 heterocycles. The number of hydrogen-bond acceptors (Lipinski definition) is 2. The summed E-state index contributed by atoms with van der Waals surface area (Å²) in [7, 11) is 4.30. The van der Waals surface area contributed by atoms with Gasteiger partial charge in [-0.05, 0) is 44.8 Å². The van der Waals surface area contributed by atoms with E-state index in [1.165, 1.54) is 27.1 Å². The van der Waals surface area contributed by atoms with E-state index in [1.807, 2.05) is 11.8 Å². The van der Waals surface area contributed by atoms with Gasteiger partial charge in [0.1, 0.15) is 0 Å². The van der Waals surface area contributed by atoms with Crippen LogP contribution in [0.25, 0.3) is 10.9 Å². The number of benzene rings is 2. The fourth-order valence-electron chi connectivity index (χ4n) is 3.24. The Hall–Kier alpha value is -1.42. The molecule has 0 aliphatic carbocycles. The first-order valence-corrected chi connectivity index (χ1v) is 9.60. The second-order valence-electron chi connectivity index (χ2n) is 6.34. The first-order chi connectivity index (χ1) is 11.7. The van der Waals surface area contributed by atoms with Crippen molar-refractivity contribution in [3.05, 3.63) is 65.9 Å². The maximum Gasteiger partial charge on any atom is 0.0485 e. The smallest absolute Gasteiger partial charge is 0.0485 e. The van der Waals surface area contributed by atoms with Crippen LogP contribution in [0.1, 0.15) is 18.2 Å². The molecular weight excluding hydrogens is 348 g/mol. The van der Waals surface area contributed by atoms with Gasteiger partial charge < -0.3 is 9.47 Å². The standard InChI is InChI=1S/C21H26N2S.ClH/c1-4-23-20-13-9-8-12-18(20)19(21(23)14-15-22(2)3)16-24-17-10-6-5-7-11-17;/h5-13H,4,14-16H2,1-3H3;1H. The molecule has 134 valence electrons. The molecule has 0 saturated carbocycles. The minimum atomic E-state index is 0. The SMILES string of the molecule is CCn1c(CCN(C)C)c(CSc2ccccc2)c2ccccc21.Cl. The summed E-state index contributed by atoms with van der Waals surface area (Å²) in [6, 6.07) is 19.6. The van der Waals surface area contributed by atoms with Crippen molar-refractivity contribution >= 4 is 35.1 Å². The number of hydrogen-bond donors (Lipinski definition) is 0. The van der Waals surface area contributed by atoms with Crippen LogP contribution < -0.4 is 0 Å². The number of rotatable bonds is 7. The van der Waals surface area contributed by atoms with Gasteiger partial charge in [-0.2, -0.15) is 0 Å². The Labute approximate surface area is 161 Å². The van der Waals surface area contributed by atoms with Crippen molar-refractivity contribution in [3.8, 4) is 0 Å². The predicted molar refractivity (Wildman–Crippen MR) is 113 cm³/mol. The van der Waals surface area contributed by atoms with Crippen LogP contribution in [0.2, 0.25) is 0 Å². The number of thioether (sulfide) groups is 1. The van der Waals surface area contributed by atoms with Crippen LogP contribution in [0, 0.1) is 0 Å². The molecule has 3 rings (SSSR count).